The summed E-state index contributed by atoms with van der Waals surface area (Å²) in [7, 11) is 1.35. The lowest BCUT2D eigenvalue weighted by Gasteiger charge is -2.08. The first-order chi connectivity index (χ1) is 9.02. The van der Waals surface area contributed by atoms with Crippen LogP contribution in [0.15, 0.2) is 18.2 Å². The van der Waals surface area contributed by atoms with Gasteiger partial charge in [-0.05, 0) is 18.6 Å². The first-order valence-corrected chi connectivity index (χ1v) is 5.63. The molecule has 3 N–H and O–H groups in total. The topological polar surface area (TPSA) is 87.7 Å². The molecule has 104 valence electrons. The Morgan fingerprint density at radius 2 is 2.16 bits per heavy atom. The van der Waals surface area contributed by atoms with Crippen molar-refractivity contribution in [2.75, 3.05) is 19.0 Å². The number of aliphatic carboxylic acids is 1. The number of urea groups is 1. The first kappa shape index (κ1) is 14.7. The molecule has 19 heavy (non-hydrogen) atoms. The average molecular weight is 270 g/mol. The molecular formula is C12H15FN2O4. The van der Waals surface area contributed by atoms with Gasteiger partial charge in [0.1, 0.15) is 0 Å². The Balaban J connectivity index is 2.40. The number of rotatable bonds is 6. The van der Waals surface area contributed by atoms with Crippen LogP contribution >= 0.6 is 0 Å². The van der Waals surface area contributed by atoms with E-state index in [2.05, 4.69) is 10.6 Å². The summed E-state index contributed by atoms with van der Waals surface area (Å²) in [6.45, 7) is 0.233. The number of carboxylic acid groups (broad SMARTS) is 1. The largest absolute Gasteiger partial charge is 0.494 e. The van der Waals surface area contributed by atoms with Gasteiger partial charge >= 0.3 is 12.0 Å². The summed E-state index contributed by atoms with van der Waals surface area (Å²) >= 11 is 0. The van der Waals surface area contributed by atoms with Crippen molar-refractivity contribution >= 4 is 17.7 Å². The number of hydrogen-bond donors (Lipinski definition) is 3. The van der Waals surface area contributed by atoms with Gasteiger partial charge in [-0.25, -0.2) is 9.18 Å². The monoisotopic (exact) mass is 270 g/mol. The molecule has 0 fully saturated rings. The molecular weight excluding hydrogens is 255 g/mol. The summed E-state index contributed by atoms with van der Waals surface area (Å²) in [6.07, 6.45) is 0.317. The molecule has 0 atom stereocenters. The molecule has 0 spiro atoms. The van der Waals surface area contributed by atoms with Crippen LogP contribution in [-0.4, -0.2) is 30.8 Å². The van der Waals surface area contributed by atoms with E-state index in [0.29, 0.717) is 6.42 Å². The highest BCUT2D eigenvalue weighted by molar-refractivity contribution is 5.89. The Hall–Kier alpha value is -2.31. The minimum atomic E-state index is -0.917. The molecule has 6 nitrogen and oxygen atoms in total. The van der Waals surface area contributed by atoms with Crippen molar-refractivity contribution in [1.82, 2.24) is 5.32 Å². The highest BCUT2D eigenvalue weighted by Crippen LogP contribution is 2.20. The van der Waals surface area contributed by atoms with Gasteiger partial charge in [-0.3, -0.25) is 4.79 Å². The molecule has 0 aromatic heterocycles. The third-order valence-corrected chi connectivity index (χ3v) is 2.26. The number of carbonyl (C=O) groups is 2. The van der Waals surface area contributed by atoms with Crippen molar-refractivity contribution < 1.29 is 23.8 Å². The number of anilines is 1. The van der Waals surface area contributed by atoms with Crippen molar-refractivity contribution in [3.8, 4) is 5.75 Å². The molecule has 0 heterocycles. The molecule has 0 saturated heterocycles. The second-order valence-electron chi connectivity index (χ2n) is 3.73. The quantitative estimate of drug-likeness (QED) is 0.688. The van der Waals surface area contributed by atoms with Crippen molar-refractivity contribution in [2.45, 2.75) is 12.8 Å². The molecule has 0 saturated carbocycles. The maximum atomic E-state index is 13.3. The molecule has 1 aromatic carbocycles. The van der Waals surface area contributed by atoms with Crippen molar-refractivity contribution in [3.05, 3.63) is 24.0 Å². The van der Waals surface area contributed by atoms with E-state index in [1.807, 2.05) is 0 Å². The highest BCUT2D eigenvalue weighted by Gasteiger charge is 2.06. The summed E-state index contributed by atoms with van der Waals surface area (Å²) in [4.78, 5) is 21.7. The molecule has 1 aromatic rings. The molecule has 0 radical (unpaired) electrons. The van der Waals surface area contributed by atoms with Gasteiger partial charge in [-0.1, -0.05) is 0 Å². The van der Waals surface area contributed by atoms with Gasteiger partial charge in [-0.15, -0.1) is 0 Å². The van der Waals surface area contributed by atoms with E-state index in [4.69, 9.17) is 9.84 Å². The fourth-order valence-electron chi connectivity index (χ4n) is 1.36. The number of carbonyl (C=O) groups excluding carboxylic acids is 1. The molecule has 0 bridgehead atoms. The fraction of sp³-hybridized carbons (Fsp3) is 0.333. The molecule has 0 aliphatic heterocycles. The molecule has 0 unspecified atom stereocenters. The number of carboxylic acids is 1. The van der Waals surface area contributed by atoms with Crippen LogP contribution in [0.2, 0.25) is 0 Å². The van der Waals surface area contributed by atoms with Crippen LogP contribution in [0, 0.1) is 5.82 Å². The van der Waals surface area contributed by atoms with E-state index >= 15 is 0 Å². The summed E-state index contributed by atoms with van der Waals surface area (Å²) in [5, 5.41) is 13.3. The van der Waals surface area contributed by atoms with Crippen LogP contribution in [0.25, 0.3) is 0 Å². The predicted molar refractivity (Wildman–Crippen MR) is 66.8 cm³/mol. The second kappa shape index (κ2) is 7.20. The zero-order chi connectivity index (χ0) is 14.3. The zero-order valence-corrected chi connectivity index (χ0v) is 10.4. The van der Waals surface area contributed by atoms with Gasteiger partial charge < -0.3 is 20.5 Å². The first-order valence-electron chi connectivity index (χ1n) is 5.63. The van der Waals surface area contributed by atoms with Gasteiger partial charge in [0, 0.05) is 24.7 Å². The summed E-state index contributed by atoms with van der Waals surface area (Å²) in [5.74, 6) is -1.40. The van der Waals surface area contributed by atoms with E-state index in [-0.39, 0.29) is 24.4 Å². The number of ether oxygens (including phenoxy) is 1. The van der Waals surface area contributed by atoms with E-state index in [1.54, 1.807) is 0 Å². The molecule has 1 rings (SSSR count). The smallest absolute Gasteiger partial charge is 0.319 e. The molecule has 0 aliphatic carbocycles. The van der Waals surface area contributed by atoms with Crippen LogP contribution in [0.1, 0.15) is 12.8 Å². The van der Waals surface area contributed by atoms with Gasteiger partial charge in [-0.2, -0.15) is 0 Å². The van der Waals surface area contributed by atoms with Crippen LogP contribution < -0.4 is 15.4 Å². The van der Waals surface area contributed by atoms with Crippen LogP contribution in [0.4, 0.5) is 14.9 Å². The summed E-state index contributed by atoms with van der Waals surface area (Å²) in [6, 6.07) is 3.51. The van der Waals surface area contributed by atoms with Gasteiger partial charge in [0.25, 0.3) is 0 Å². The van der Waals surface area contributed by atoms with Crippen molar-refractivity contribution in [2.24, 2.45) is 0 Å². The second-order valence-corrected chi connectivity index (χ2v) is 3.73. The number of amides is 2. The number of halogens is 1. The Bertz CT molecular complexity index is 465. The van der Waals surface area contributed by atoms with E-state index in [0.717, 1.165) is 6.07 Å². The van der Waals surface area contributed by atoms with Crippen LogP contribution in [0.5, 0.6) is 5.75 Å². The SMILES string of the molecule is COc1ccc(NC(=O)NCCCC(=O)O)cc1F. The Kier molecular flexibility index (Phi) is 5.59. The number of benzene rings is 1. The van der Waals surface area contributed by atoms with Crippen molar-refractivity contribution in [1.29, 1.82) is 0 Å². The van der Waals surface area contributed by atoms with Crippen molar-refractivity contribution in [3.63, 3.8) is 0 Å². The van der Waals surface area contributed by atoms with Crippen LogP contribution in [-0.2, 0) is 4.79 Å². The average Bonchev–Trinajstić information content (AvgIpc) is 2.35. The summed E-state index contributed by atoms with van der Waals surface area (Å²) in [5.41, 5.74) is 0.286. The normalized spacial score (nSPS) is 9.79. The van der Waals surface area contributed by atoms with E-state index in [1.165, 1.54) is 19.2 Å². The third kappa shape index (κ3) is 5.24. The highest BCUT2D eigenvalue weighted by atomic mass is 19.1. The zero-order valence-electron chi connectivity index (χ0n) is 10.4. The number of methoxy groups -OCH3 is 1. The fourth-order valence-corrected chi connectivity index (χ4v) is 1.36. The van der Waals surface area contributed by atoms with E-state index < -0.39 is 17.8 Å². The van der Waals surface area contributed by atoms with Crippen LogP contribution in [0.3, 0.4) is 0 Å². The minimum Gasteiger partial charge on any atom is -0.494 e. The molecule has 0 aliphatic rings. The van der Waals surface area contributed by atoms with Gasteiger partial charge in [0.15, 0.2) is 11.6 Å². The van der Waals surface area contributed by atoms with E-state index in [9.17, 15) is 14.0 Å². The predicted octanol–water partition coefficient (Wildman–Crippen LogP) is 1.82. The Morgan fingerprint density at radius 3 is 2.74 bits per heavy atom. The lowest BCUT2D eigenvalue weighted by molar-refractivity contribution is -0.137. The van der Waals surface area contributed by atoms with Gasteiger partial charge in [0.2, 0.25) is 0 Å². The Labute approximate surface area is 109 Å². The number of hydrogen-bond acceptors (Lipinski definition) is 3. The lowest BCUT2D eigenvalue weighted by atomic mass is 10.3. The molecule has 7 heteroatoms. The maximum Gasteiger partial charge on any atom is 0.319 e. The third-order valence-electron chi connectivity index (χ3n) is 2.26. The lowest BCUT2D eigenvalue weighted by Crippen LogP contribution is -2.29. The minimum absolute atomic E-state index is 0.0164. The standard InChI is InChI=1S/C12H15FN2O4/c1-19-10-5-4-8(7-9(10)13)15-12(18)14-6-2-3-11(16)17/h4-5,7H,2-3,6H2,1H3,(H,16,17)(H2,14,15,18). The maximum absolute atomic E-state index is 13.3. The summed E-state index contributed by atoms with van der Waals surface area (Å²) < 4.78 is 18.1. The Morgan fingerprint density at radius 1 is 1.42 bits per heavy atom. The van der Waals surface area contributed by atoms with Gasteiger partial charge in [0.05, 0.1) is 7.11 Å². The number of nitrogens with one attached hydrogen (secondary N) is 2. The molecule has 2 amide bonds.